The molecule has 2 aliphatic rings. The van der Waals surface area contributed by atoms with Crippen LogP contribution in [0.1, 0.15) is 18.1 Å². The van der Waals surface area contributed by atoms with Crippen LogP contribution in [0.5, 0.6) is 0 Å². The highest BCUT2D eigenvalue weighted by Gasteiger charge is 2.45. The number of benzene rings is 1. The first-order chi connectivity index (χ1) is 10.5. The van der Waals surface area contributed by atoms with Crippen molar-refractivity contribution in [3.63, 3.8) is 0 Å². The van der Waals surface area contributed by atoms with E-state index in [4.69, 9.17) is 4.74 Å². The Morgan fingerprint density at radius 2 is 1.86 bits per heavy atom. The van der Waals surface area contributed by atoms with Crippen LogP contribution in [0.25, 0.3) is 0 Å². The highest BCUT2D eigenvalue weighted by molar-refractivity contribution is 6.02. The summed E-state index contributed by atoms with van der Waals surface area (Å²) in [5.41, 5.74) is 0.438. The number of ether oxygens (including phenoxy) is 1. The van der Waals surface area contributed by atoms with Gasteiger partial charge in [-0.3, -0.25) is 4.79 Å². The van der Waals surface area contributed by atoms with Gasteiger partial charge < -0.3 is 25.2 Å². The minimum atomic E-state index is -1.45. The lowest BCUT2D eigenvalue weighted by Gasteiger charge is -2.37. The fourth-order valence-corrected chi connectivity index (χ4v) is 2.86. The summed E-state index contributed by atoms with van der Waals surface area (Å²) in [5.74, 6) is -1.38. The summed E-state index contributed by atoms with van der Waals surface area (Å²) in [7, 11) is 0. The van der Waals surface area contributed by atoms with Gasteiger partial charge in [0.05, 0.1) is 23.9 Å². The zero-order valence-electron chi connectivity index (χ0n) is 11.6. The number of ketones is 1. The van der Waals surface area contributed by atoms with Crippen molar-refractivity contribution < 1.29 is 30.0 Å². The summed E-state index contributed by atoms with van der Waals surface area (Å²) in [5, 5.41) is 39.3. The van der Waals surface area contributed by atoms with Gasteiger partial charge in [0.2, 0.25) is 0 Å². The second-order valence-electron chi connectivity index (χ2n) is 5.31. The summed E-state index contributed by atoms with van der Waals surface area (Å²) in [6.45, 7) is -0.598. The second kappa shape index (κ2) is 5.57. The maximum atomic E-state index is 12.4. The third-order valence-electron chi connectivity index (χ3n) is 4.01. The van der Waals surface area contributed by atoms with Crippen LogP contribution in [0.4, 0.5) is 0 Å². The fourth-order valence-electron chi connectivity index (χ4n) is 2.86. The van der Waals surface area contributed by atoms with Gasteiger partial charge in [0.15, 0.2) is 5.78 Å². The number of fused-ring (bicyclic) bond motifs is 1. The normalized spacial score (nSPS) is 28.8. The van der Waals surface area contributed by atoms with Crippen LogP contribution in [0.3, 0.4) is 0 Å². The zero-order chi connectivity index (χ0) is 15.9. The van der Waals surface area contributed by atoms with Crippen molar-refractivity contribution >= 4 is 5.78 Å². The standard InChI is InChI=1S/C16H16O6/c17-7-9-10(18)6-11-12(13(9)19)14(20)15(21)16(22-11)8-4-2-1-3-5-8/h1-5,11,15-19,21H,6-7H2/t11?,15-,16+/m1/s1. The lowest BCUT2D eigenvalue weighted by atomic mass is 9.84. The van der Waals surface area contributed by atoms with Gasteiger partial charge in [-0.05, 0) is 5.56 Å². The van der Waals surface area contributed by atoms with E-state index < -0.39 is 36.5 Å². The first-order valence-corrected chi connectivity index (χ1v) is 6.92. The van der Waals surface area contributed by atoms with Crippen LogP contribution in [0.2, 0.25) is 0 Å². The molecular weight excluding hydrogens is 288 g/mol. The van der Waals surface area contributed by atoms with Crippen LogP contribution in [0, 0.1) is 0 Å². The molecule has 116 valence electrons. The highest BCUT2D eigenvalue weighted by Crippen LogP contribution is 2.39. The molecule has 1 aromatic carbocycles. The SMILES string of the molecule is O=C1C2=C(O)C(CO)=C(O)CC2O[C@@H](c2ccccc2)[C@@H]1O. The van der Waals surface area contributed by atoms with Gasteiger partial charge >= 0.3 is 0 Å². The van der Waals surface area contributed by atoms with Crippen molar-refractivity contribution in [3.05, 3.63) is 58.6 Å². The molecule has 1 heterocycles. The average Bonchev–Trinajstić information content (AvgIpc) is 2.51. The Labute approximate surface area is 126 Å². The Morgan fingerprint density at radius 1 is 1.18 bits per heavy atom. The lowest BCUT2D eigenvalue weighted by molar-refractivity contribution is -0.148. The molecule has 0 bridgehead atoms. The predicted molar refractivity (Wildman–Crippen MR) is 76.1 cm³/mol. The van der Waals surface area contributed by atoms with E-state index in [0.29, 0.717) is 5.56 Å². The number of carbonyl (C=O) groups excluding carboxylic acids is 1. The molecule has 0 aromatic heterocycles. The maximum Gasteiger partial charge on any atom is 0.196 e. The van der Waals surface area contributed by atoms with Gasteiger partial charge in [0.25, 0.3) is 0 Å². The molecule has 0 spiro atoms. The van der Waals surface area contributed by atoms with E-state index in [2.05, 4.69) is 0 Å². The number of rotatable bonds is 2. The number of hydrogen-bond acceptors (Lipinski definition) is 6. The molecule has 1 aliphatic carbocycles. The molecule has 1 aliphatic heterocycles. The highest BCUT2D eigenvalue weighted by atomic mass is 16.5. The number of aliphatic hydroxyl groups is 4. The number of Topliss-reactive ketones (excluding diaryl/α,β-unsaturated/α-hetero) is 1. The third kappa shape index (κ3) is 2.21. The predicted octanol–water partition coefficient (Wildman–Crippen LogP) is 1.08. The Morgan fingerprint density at radius 3 is 2.50 bits per heavy atom. The molecule has 4 N–H and O–H groups in total. The van der Waals surface area contributed by atoms with Crippen LogP contribution in [0.15, 0.2) is 53.0 Å². The minimum absolute atomic E-state index is 0.0307. The van der Waals surface area contributed by atoms with Crippen molar-refractivity contribution in [2.24, 2.45) is 0 Å². The summed E-state index contributed by atoms with van der Waals surface area (Å²) >= 11 is 0. The first-order valence-electron chi connectivity index (χ1n) is 6.92. The van der Waals surface area contributed by atoms with Crippen LogP contribution < -0.4 is 0 Å². The molecule has 1 unspecified atom stereocenters. The summed E-state index contributed by atoms with van der Waals surface area (Å²) in [6, 6.07) is 8.79. The van der Waals surface area contributed by atoms with E-state index in [0.717, 1.165) is 0 Å². The molecule has 6 heteroatoms. The van der Waals surface area contributed by atoms with E-state index >= 15 is 0 Å². The quantitative estimate of drug-likeness (QED) is 0.651. The molecule has 3 rings (SSSR count). The molecule has 1 fully saturated rings. The topological polar surface area (TPSA) is 107 Å². The molecule has 22 heavy (non-hydrogen) atoms. The van der Waals surface area contributed by atoms with Crippen molar-refractivity contribution in [3.8, 4) is 0 Å². The van der Waals surface area contributed by atoms with Crippen LogP contribution in [-0.4, -0.2) is 45.0 Å². The van der Waals surface area contributed by atoms with Gasteiger partial charge in [-0.2, -0.15) is 0 Å². The average molecular weight is 304 g/mol. The number of aliphatic hydroxyl groups excluding tert-OH is 4. The Bertz CT molecular complexity index is 660. The molecule has 6 nitrogen and oxygen atoms in total. The van der Waals surface area contributed by atoms with Gasteiger partial charge in [0.1, 0.15) is 23.7 Å². The zero-order valence-corrected chi connectivity index (χ0v) is 11.6. The number of carbonyl (C=O) groups is 1. The molecule has 1 aromatic rings. The summed E-state index contributed by atoms with van der Waals surface area (Å²) in [4.78, 5) is 12.4. The van der Waals surface area contributed by atoms with E-state index in [1.54, 1.807) is 30.3 Å². The Hall–Kier alpha value is -2.15. The second-order valence-corrected chi connectivity index (χ2v) is 5.31. The van der Waals surface area contributed by atoms with E-state index in [1.807, 2.05) is 0 Å². The smallest absolute Gasteiger partial charge is 0.196 e. The van der Waals surface area contributed by atoms with Gasteiger partial charge in [-0.1, -0.05) is 30.3 Å². The van der Waals surface area contributed by atoms with Gasteiger partial charge in [-0.25, -0.2) is 0 Å². The van der Waals surface area contributed by atoms with E-state index in [9.17, 15) is 25.2 Å². The van der Waals surface area contributed by atoms with E-state index in [1.165, 1.54) is 0 Å². The maximum absolute atomic E-state index is 12.4. The largest absolute Gasteiger partial charge is 0.512 e. The molecule has 0 radical (unpaired) electrons. The minimum Gasteiger partial charge on any atom is -0.512 e. The van der Waals surface area contributed by atoms with Crippen LogP contribution >= 0.6 is 0 Å². The Kier molecular flexibility index (Phi) is 3.74. The van der Waals surface area contributed by atoms with E-state index in [-0.39, 0.29) is 23.3 Å². The summed E-state index contributed by atoms with van der Waals surface area (Å²) < 4.78 is 5.73. The lowest BCUT2D eigenvalue weighted by Crippen LogP contribution is -2.44. The van der Waals surface area contributed by atoms with Gasteiger partial charge in [-0.15, -0.1) is 0 Å². The molecule has 0 amide bonds. The van der Waals surface area contributed by atoms with Gasteiger partial charge in [0, 0.05) is 6.42 Å². The molecule has 1 saturated heterocycles. The number of hydrogen-bond donors (Lipinski definition) is 4. The third-order valence-corrected chi connectivity index (χ3v) is 4.01. The Balaban J connectivity index is 2.00. The summed E-state index contributed by atoms with van der Waals surface area (Å²) in [6.07, 6.45) is -3.19. The molecular formula is C16H16O6. The van der Waals surface area contributed by atoms with Crippen molar-refractivity contribution in [2.75, 3.05) is 6.61 Å². The van der Waals surface area contributed by atoms with Crippen molar-refractivity contribution in [1.29, 1.82) is 0 Å². The van der Waals surface area contributed by atoms with Crippen molar-refractivity contribution in [1.82, 2.24) is 0 Å². The van der Waals surface area contributed by atoms with Crippen molar-refractivity contribution in [2.45, 2.75) is 24.7 Å². The van der Waals surface area contributed by atoms with Crippen LogP contribution in [-0.2, 0) is 9.53 Å². The fraction of sp³-hybridized carbons (Fsp3) is 0.312. The first kappa shape index (κ1) is 14.8. The monoisotopic (exact) mass is 304 g/mol. The molecule has 0 saturated carbocycles. The molecule has 3 atom stereocenters.